The Morgan fingerprint density at radius 2 is 2.36 bits per heavy atom. The summed E-state index contributed by atoms with van der Waals surface area (Å²) in [4.78, 5) is 18.8. The molecule has 0 fully saturated rings. The standard InChI is InChI=1S/C8H13N5O/c1-5(8(14)10-2)13-7-6(9)3-11-4-12-7/h3-5H,9H2,1-2H3,(H,10,14)(H,11,12,13). The molecule has 0 aliphatic heterocycles. The van der Waals surface area contributed by atoms with E-state index in [9.17, 15) is 4.79 Å². The highest BCUT2D eigenvalue weighted by molar-refractivity contribution is 5.84. The molecule has 0 radical (unpaired) electrons. The molecule has 1 aromatic heterocycles. The number of nitrogens with zero attached hydrogens (tertiary/aromatic N) is 2. The van der Waals surface area contributed by atoms with E-state index >= 15 is 0 Å². The topological polar surface area (TPSA) is 92.9 Å². The van der Waals surface area contributed by atoms with Gasteiger partial charge in [0.25, 0.3) is 0 Å². The van der Waals surface area contributed by atoms with Crippen LogP contribution in [0, 0.1) is 0 Å². The summed E-state index contributed by atoms with van der Waals surface area (Å²) < 4.78 is 0. The average Bonchev–Trinajstić information content (AvgIpc) is 2.20. The van der Waals surface area contributed by atoms with E-state index in [4.69, 9.17) is 5.73 Å². The molecule has 1 rings (SSSR count). The zero-order valence-electron chi connectivity index (χ0n) is 8.11. The first-order valence-corrected chi connectivity index (χ1v) is 4.18. The van der Waals surface area contributed by atoms with Crippen LogP contribution in [-0.2, 0) is 4.79 Å². The fourth-order valence-electron chi connectivity index (χ4n) is 0.948. The molecular weight excluding hydrogens is 182 g/mol. The first-order valence-electron chi connectivity index (χ1n) is 4.18. The quantitative estimate of drug-likeness (QED) is 0.610. The number of carbonyl (C=O) groups is 1. The van der Waals surface area contributed by atoms with Crippen molar-refractivity contribution in [2.45, 2.75) is 13.0 Å². The molecule has 1 aromatic rings. The van der Waals surface area contributed by atoms with Crippen LogP contribution in [0.2, 0.25) is 0 Å². The maximum absolute atomic E-state index is 11.2. The number of aromatic nitrogens is 2. The zero-order chi connectivity index (χ0) is 10.6. The second kappa shape index (κ2) is 4.40. The molecule has 0 saturated heterocycles. The third-order valence-corrected chi connectivity index (χ3v) is 1.73. The molecule has 4 N–H and O–H groups in total. The van der Waals surface area contributed by atoms with Crippen LogP contribution in [0.5, 0.6) is 0 Å². The van der Waals surface area contributed by atoms with Crippen LogP contribution in [0.4, 0.5) is 11.5 Å². The number of hydrogen-bond acceptors (Lipinski definition) is 5. The predicted molar refractivity (Wildman–Crippen MR) is 53.6 cm³/mol. The average molecular weight is 195 g/mol. The number of hydrogen-bond donors (Lipinski definition) is 3. The molecular formula is C8H13N5O. The number of rotatable bonds is 3. The van der Waals surface area contributed by atoms with Crippen LogP contribution >= 0.6 is 0 Å². The Morgan fingerprint density at radius 3 is 2.93 bits per heavy atom. The highest BCUT2D eigenvalue weighted by Gasteiger charge is 2.11. The molecule has 76 valence electrons. The molecule has 0 aromatic carbocycles. The number of nitrogens with one attached hydrogen (secondary N) is 2. The van der Waals surface area contributed by atoms with Crippen LogP contribution in [-0.4, -0.2) is 29.0 Å². The van der Waals surface area contributed by atoms with Crippen molar-refractivity contribution in [3.8, 4) is 0 Å². The van der Waals surface area contributed by atoms with Crippen molar-refractivity contribution in [2.75, 3.05) is 18.1 Å². The minimum absolute atomic E-state index is 0.122. The van der Waals surface area contributed by atoms with Crippen LogP contribution < -0.4 is 16.4 Å². The predicted octanol–water partition coefficient (Wildman–Crippen LogP) is -0.395. The number of nitrogen functional groups attached to an aromatic ring is 1. The van der Waals surface area contributed by atoms with E-state index in [2.05, 4.69) is 20.6 Å². The number of anilines is 2. The van der Waals surface area contributed by atoms with Gasteiger partial charge in [-0.2, -0.15) is 0 Å². The first kappa shape index (κ1) is 10.2. The molecule has 1 amide bonds. The van der Waals surface area contributed by atoms with Gasteiger partial charge in [-0.3, -0.25) is 4.79 Å². The molecule has 0 aliphatic carbocycles. The molecule has 0 spiro atoms. The van der Waals surface area contributed by atoms with E-state index in [0.29, 0.717) is 11.5 Å². The molecule has 1 unspecified atom stereocenters. The van der Waals surface area contributed by atoms with Crippen molar-refractivity contribution >= 4 is 17.4 Å². The molecule has 0 bridgehead atoms. The third-order valence-electron chi connectivity index (χ3n) is 1.73. The lowest BCUT2D eigenvalue weighted by atomic mass is 10.3. The van der Waals surface area contributed by atoms with E-state index in [0.717, 1.165) is 0 Å². The third kappa shape index (κ3) is 2.32. The van der Waals surface area contributed by atoms with Gasteiger partial charge in [0, 0.05) is 7.05 Å². The van der Waals surface area contributed by atoms with Gasteiger partial charge in [0.2, 0.25) is 5.91 Å². The Balaban J connectivity index is 2.69. The maximum Gasteiger partial charge on any atom is 0.241 e. The van der Waals surface area contributed by atoms with Gasteiger partial charge < -0.3 is 16.4 Å². The van der Waals surface area contributed by atoms with E-state index in [1.807, 2.05) is 0 Å². The minimum Gasteiger partial charge on any atom is -0.394 e. The van der Waals surface area contributed by atoms with Crippen LogP contribution in [0.1, 0.15) is 6.92 Å². The van der Waals surface area contributed by atoms with Crippen LogP contribution in [0.15, 0.2) is 12.5 Å². The van der Waals surface area contributed by atoms with E-state index in [1.165, 1.54) is 12.5 Å². The Kier molecular flexibility index (Phi) is 3.22. The number of likely N-dealkylation sites (N-methyl/N-ethyl adjacent to an activating group) is 1. The lowest BCUT2D eigenvalue weighted by Gasteiger charge is -2.13. The van der Waals surface area contributed by atoms with Crippen molar-refractivity contribution in [2.24, 2.45) is 0 Å². The van der Waals surface area contributed by atoms with Gasteiger partial charge in [-0.25, -0.2) is 9.97 Å². The highest BCUT2D eigenvalue weighted by atomic mass is 16.2. The smallest absolute Gasteiger partial charge is 0.241 e. The lowest BCUT2D eigenvalue weighted by molar-refractivity contribution is -0.121. The maximum atomic E-state index is 11.2. The molecule has 0 aliphatic rings. The van der Waals surface area contributed by atoms with Gasteiger partial charge >= 0.3 is 0 Å². The van der Waals surface area contributed by atoms with Crippen molar-refractivity contribution in [1.29, 1.82) is 0 Å². The second-order valence-corrected chi connectivity index (χ2v) is 2.81. The number of carbonyl (C=O) groups excluding carboxylic acids is 1. The summed E-state index contributed by atoms with van der Waals surface area (Å²) in [6, 6.07) is -0.378. The molecule has 0 saturated carbocycles. The molecule has 1 atom stereocenters. The van der Waals surface area contributed by atoms with Crippen molar-refractivity contribution in [3.05, 3.63) is 12.5 Å². The Hall–Kier alpha value is -1.85. The summed E-state index contributed by atoms with van der Waals surface area (Å²) in [6.45, 7) is 1.72. The number of nitrogens with two attached hydrogens (primary N) is 1. The Morgan fingerprint density at radius 1 is 1.64 bits per heavy atom. The largest absolute Gasteiger partial charge is 0.394 e. The van der Waals surface area contributed by atoms with Crippen LogP contribution in [0.3, 0.4) is 0 Å². The normalized spacial score (nSPS) is 11.9. The van der Waals surface area contributed by atoms with Crippen molar-refractivity contribution in [1.82, 2.24) is 15.3 Å². The summed E-state index contributed by atoms with van der Waals surface area (Å²) in [5.41, 5.74) is 6.01. The van der Waals surface area contributed by atoms with Gasteiger partial charge in [0.05, 0.1) is 11.9 Å². The first-order chi connectivity index (χ1) is 6.65. The van der Waals surface area contributed by atoms with Gasteiger partial charge in [0.15, 0.2) is 5.82 Å². The minimum atomic E-state index is -0.378. The van der Waals surface area contributed by atoms with Gasteiger partial charge in [-0.15, -0.1) is 0 Å². The highest BCUT2D eigenvalue weighted by Crippen LogP contribution is 2.12. The number of amides is 1. The van der Waals surface area contributed by atoms with Gasteiger partial charge in [0.1, 0.15) is 12.4 Å². The molecule has 14 heavy (non-hydrogen) atoms. The Bertz CT molecular complexity index is 327. The van der Waals surface area contributed by atoms with E-state index in [-0.39, 0.29) is 11.9 Å². The van der Waals surface area contributed by atoms with Gasteiger partial charge in [-0.05, 0) is 6.92 Å². The summed E-state index contributed by atoms with van der Waals surface area (Å²) in [6.07, 6.45) is 2.85. The fraction of sp³-hybridized carbons (Fsp3) is 0.375. The van der Waals surface area contributed by atoms with Crippen LogP contribution in [0.25, 0.3) is 0 Å². The SMILES string of the molecule is CNC(=O)C(C)Nc1ncncc1N. The summed E-state index contributed by atoms with van der Waals surface area (Å²) >= 11 is 0. The summed E-state index contributed by atoms with van der Waals surface area (Å²) in [5, 5.41) is 5.39. The summed E-state index contributed by atoms with van der Waals surface area (Å²) in [5.74, 6) is 0.346. The van der Waals surface area contributed by atoms with Crippen molar-refractivity contribution in [3.63, 3.8) is 0 Å². The molecule has 6 nitrogen and oxygen atoms in total. The lowest BCUT2D eigenvalue weighted by Crippen LogP contribution is -2.35. The molecule has 1 heterocycles. The summed E-state index contributed by atoms with van der Waals surface area (Å²) in [7, 11) is 1.57. The Labute approximate surface area is 81.9 Å². The molecule has 6 heteroatoms. The monoisotopic (exact) mass is 195 g/mol. The van der Waals surface area contributed by atoms with Gasteiger partial charge in [-0.1, -0.05) is 0 Å². The fourth-order valence-corrected chi connectivity index (χ4v) is 0.948. The van der Waals surface area contributed by atoms with Crippen molar-refractivity contribution < 1.29 is 4.79 Å². The second-order valence-electron chi connectivity index (χ2n) is 2.81. The van der Waals surface area contributed by atoms with E-state index < -0.39 is 0 Å². The van der Waals surface area contributed by atoms with E-state index in [1.54, 1.807) is 14.0 Å². The zero-order valence-corrected chi connectivity index (χ0v) is 8.11.